The van der Waals surface area contributed by atoms with Crippen LogP contribution in [0.15, 0.2) is 0 Å². The minimum Gasteiger partial charge on any atom is -0.462 e. The van der Waals surface area contributed by atoms with E-state index in [9.17, 15) is 9.59 Å². The van der Waals surface area contributed by atoms with Gasteiger partial charge in [0.05, 0.1) is 5.41 Å². The number of hydrogen-bond acceptors (Lipinski definition) is 3. The maximum atomic E-state index is 12.3. The van der Waals surface area contributed by atoms with E-state index in [4.69, 9.17) is 4.74 Å². The monoisotopic (exact) mass is 344 g/mol. The Morgan fingerprint density at radius 1 is 1.04 bits per heavy atom. The molecule has 0 aromatic carbocycles. The first-order valence-corrected chi connectivity index (χ1v) is 10.3. The lowest BCUT2D eigenvalue weighted by molar-refractivity contribution is -0.203. The van der Waals surface area contributed by atoms with Gasteiger partial charge in [-0.1, -0.05) is 13.8 Å². The smallest absolute Gasteiger partial charge is 0.302 e. The van der Waals surface area contributed by atoms with Crippen molar-refractivity contribution in [2.24, 2.45) is 45.3 Å². The summed E-state index contributed by atoms with van der Waals surface area (Å²) < 4.78 is 5.64. The number of aldehydes is 1. The number of rotatable bonds is 2. The average Bonchev–Trinajstić information content (AvgIpc) is 3.00. The van der Waals surface area contributed by atoms with Gasteiger partial charge >= 0.3 is 5.97 Å². The molecule has 6 fully saturated rings. The Balaban J connectivity index is 1.51. The summed E-state index contributed by atoms with van der Waals surface area (Å²) in [7, 11) is 0. The number of fused-ring (bicyclic) bond motifs is 1. The molecule has 1 spiro atoms. The van der Waals surface area contributed by atoms with Crippen molar-refractivity contribution in [1.82, 2.24) is 0 Å². The third-order valence-electron chi connectivity index (χ3n) is 10.1. The molecule has 0 amide bonds. The summed E-state index contributed by atoms with van der Waals surface area (Å²) in [5.41, 5.74) is 0.924. The Morgan fingerprint density at radius 3 is 2.40 bits per heavy atom. The Labute approximate surface area is 151 Å². The molecule has 0 N–H and O–H groups in total. The highest BCUT2D eigenvalue weighted by Crippen LogP contribution is 2.85. The Morgan fingerprint density at radius 2 is 1.80 bits per heavy atom. The summed E-state index contributed by atoms with van der Waals surface area (Å²) in [5, 5.41) is 0. The third-order valence-corrected chi connectivity index (χ3v) is 10.1. The van der Waals surface area contributed by atoms with Gasteiger partial charge in [0.25, 0.3) is 0 Å². The van der Waals surface area contributed by atoms with Gasteiger partial charge in [0, 0.05) is 6.92 Å². The van der Waals surface area contributed by atoms with Crippen molar-refractivity contribution >= 4 is 12.3 Å². The van der Waals surface area contributed by atoms with Gasteiger partial charge in [0.15, 0.2) is 0 Å². The highest BCUT2D eigenvalue weighted by Gasteiger charge is 2.78. The molecule has 6 aliphatic carbocycles. The maximum Gasteiger partial charge on any atom is 0.302 e. The zero-order valence-corrected chi connectivity index (χ0v) is 16.1. The second-order valence-electron chi connectivity index (χ2n) is 11.0. The van der Waals surface area contributed by atoms with Crippen LogP contribution in [-0.2, 0) is 14.3 Å². The molecular formula is C22H32O3. The number of ether oxygens (including phenoxy) is 1. The first-order chi connectivity index (χ1) is 11.7. The number of esters is 1. The van der Waals surface area contributed by atoms with E-state index in [1.165, 1.54) is 32.6 Å². The van der Waals surface area contributed by atoms with Crippen molar-refractivity contribution in [3.05, 3.63) is 0 Å². The van der Waals surface area contributed by atoms with Crippen LogP contribution in [0.2, 0.25) is 0 Å². The fourth-order valence-electron chi connectivity index (χ4n) is 9.10. The maximum absolute atomic E-state index is 12.3. The first-order valence-electron chi connectivity index (χ1n) is 10.3. The van der Waals surface area contributed by atoms with E-state index in [0.717, 1.165) is 43.3 Å². The first kappa shape index (κ1) is 16.3. The van der Waals surface area contributed by atoms with Gasteiger partial charge in [-0.15, -0.1) is 0 Å². The number of carbonyl (C=O) groups is 2. The zero-order valence-electron chi connectivity index (χ0n) is 16.1. The van der Waals surface area contributed by atoms with E-state index in [1.54, 1.807) is 0 Å². The standard InChI is InChI=1S/C22H32O3/c1-13(24)25-18-6-7-19(2)16(21(18,4)12-23)5-8-22-10-15-14(9-17(19)22)20(15,3)11-22/h12,14-18H,5-11H2,1-4H3/t14-,15-,16+,17+,18-,19-,20+,21+,22+/m1/s1. The molecule has 3 nitrogen and oxygen atoms in total. The molecule has 3 heteroatoms. The predicted molar refractivity (Wildman–Crippen MR) is 94.7 cm³/mol. The molecule has 6 saturated carbocycles. The summed E-state index contributed by atoms with van der Waals surface area (Å²) in [6.07, 6.45) is 9.55. The minimum absolute atomic E-state index is 0.236. The van der Waals surface area contributed by atoms with Gasteiger partial charge in [-0.05, 0) is 91.8 Å². The lowest BCUT2D eigenvalue weighted by atomic mass is 9.39. The van der Waals surface area contributed by atoms with Crippen LogP contribution in [0, 0.1) is 45.3 Å². The molecule has 25 heavy (non-hydrogen) atoms. The quantitative estimate of drug-likeness (QED) is 0.551. The van der Waals surface area contributed by atoms with Crippen LogP contribution < -0.4 is 0 Å². The van der Waals surface area contributed by atoms with Gasteiger partial charge in [0.2, 0.25) is 0 Å². The molecule has 4 bridgehead atoms. The van der Waals surface area contributed by atoms with Gasteiger partial charge in [-0.25, -0.2) is 0 Å². The molecule has 0 aromatic rings. The summed E-state index contributed by atoms with van der Waals surface area (Å²) in [4.78, 5) is 23.8. The molecule has 0 heterocycles. The van der Waals surface area contributed by atoms with Crippen LogP contribution in [0.3, 0.4) is 0 Å². The molecule has 0 saturated heterocycles. The van der Waals surface area contributed by atoms with Crippen LogP contribution in [0.25, 0.3) is 0 Å². The van der Waals surface area contributed by atoms with Crippen molar-refractivity contribution < 1.29 is 14.3 Å². The fraction of sp³-hybridized carbons (Fsp3) is 0.909. The van der Waals surface area contributed by atoms with Gasteiger partial charge in [-0.3, -0.25) is 4.79 Å². The normalized spacial score (nSPS) is 61.0. The van der Waals surface area contributed by atoms with Gasteiger partial charge < -0.3 is 9.53 Å². The Kier molecular flexibility index (Phi) is 2.95. The molecule has 0 aromatic heterocycles. The van der Waals surface area contributed by atoms with E-state index in [0.29, 0.717) is 16.7 Å². The molecule has 138 valence electrons. The average molecular weight is 344 g/mol. The lowest BCUT2D eigenvalue weighted by Crippen LogP contribution is -2.62. The van der Waals surface area contributed by atoms with Crippen LogP contribution in [0.1, 0.15) is 72.6 Å². The van der Waals surface area contributed by atoms with Crippen LogP contribution in [0.4, 0.5) is 0 Å². The highest BCUT2D eigenvalue weighted by atomic mass is 16.5. The van der Waals surface area contributed by atoms with Crippen LogP contribution in [-0.4, -0.2) is 18.4 Å². The van der Waals surface area contributed by atoms with Crippen LogP contribution >= 0.6 is 0 Å². The topological polar surface area (TPSA) is 43.4 Å². The molecule has 0 aliphatic heterocycles. The summed E-state index contributed by atoms with van der Waals surface area (Å²) in [5.74, 6) is 2.83. The Hall–Kier alpha value is -0.860. The van der Waals surface area contributed by atoms with E-state index in [2.05, 4.69) is 20.8 Å². The summed E-state index contributed by atoms with van der Waals surface area (Å²) in [6.45, 7) is 8.56. The van der Waals surface area contributed by atoms with Crippen molar-refractivity contribution in [1.29, 1.82) is 0 Å². The molecule has 6 rings (SSSR count). The zero-order chi connectivity index (χ0) is 17.8. The second kappa shape index (κ2) is 4.51. The van der Waals surface area contributed by atoms with Crippen molar-refractivity contribution in [3.63, 3.8) is 0 Å². The largest absolute Gasteiger partial charge is 0.462 e. The Bertz CT molecular complexity index is 658. The minimum atomic E-state index is -0.520. The van der Waals surface area contributed by atoms with E-state index < -0.39 is 5.41 Å². The molecule has 9 atom stereocenters. The number of carbonyl (C=O) groups excluding carboxylic acids is 2. The predicted octanol–water partition coefficient (Wildman–Crippen LogP) is 4.39. The van der Waals surface area contributed by atoms with Crippen LogP contribution in [0.5, 0.6) is 0 Å². The van der Waals surface area contributed by atoms with Gasteiger partial charge in [-0.2, -0.15) is 0 Å². The van der Waals surface area contributed by atoms with Crippen molar-refractivity contribution in [3.8, 4) is 0 Å². The highest BCUT2D eigenvalue weighted by molar-refractivity contribution is 5.68. The van der Waals surface area contributed by atoms with Crippen molar-refractivity contribution in [2.45, 2.75) is 78.7 Å². The molecule has 0 radical (unpaired) electrons. The summed E-state index contributed by atoms with van der Waals surface area (Å²) in [6, 6.07) is 0. The van der Waals surface area contributed by atoms with E-state index in [1.807, 2.05) is 0 Å². The molecule has 6 aliphatic rings. The molecule has 0 unspecified atom stereocenters. The second-order valence-corrected chi connectivity index (χ2v) is 11.0. The number of hydrogen-bond donors (Lipinski definition) is 0. The lowest BCUT2D eigenvalue weighted by Gasteiger charge is -2.65. The fourth-order valence-corrected chi connectivity index (χ4v) is 9.10. The summed E-state index contributed by atoms with van der Waals surface area (Å²) >= 11 is 0. The van der Waals surface area contributed by atoms with E-state index >= 15 is 0 Å². The van der Waals surface area contributed by atoms with E-state index in [-0.39, 0.29) is 17.5 Å². The van der Waals surface area contributed by atoms with Crippen molar-refractivity contribution in [2.75, 3.05) is 0 Å². The SMILES string of the molecule is CC(=O)O[C@@H]1CC[C@@]2(C)[C@@H]3C[C@@H]4[C@H]5C[C@@]3(CC[C@@H]2[C@]1(C)C=O)C[C@@]45C. The molecular weight excluding hydrogens is 312 g/mol. The third kappa shape index (κ3) is 1.74. The van der Waals surface area contributed by atoms with Gasteiger partial charge in [0.1, 0.15) is 12.4 Å².